The maximum atomic E-state index is 12.7. The lowest BCUT2D eigenvalue weighted by molar-refractivity contribution is -0.124. The molecule has 1 aliphatic carbocycles. The normalized spacial score (nSPS) is 21.7. The Labute approximate surface area is 157 Å². The molecule has 0 radical (unpaired) electrons. The van der Waals surface area contributed by atoms with E-state index in [2.05, 4.69) is 31.4 Å². The highest BCUT2D eigenvalue weighted by atomic mass is 16.2. The second-order valence-electron chi connectivity index (χ2n) is 8.15. The Morgan fingerprint density at radius 3 is 2.31 bits per heavy atom. The van der Waals surface area contributed by atoms with Gasteiger partial charge in [-0.25, -0.2) is 4.79 Å². The summed E-state index contributed by atoms with van der Waals surface area (Å²) in [6, 6.07) is 8.53. The van der Waals surface area contributed by atoms with Gasteiger partial charge in [0, 0.05) is 12.5 Å². The number of amides is 3. The third-order valence-corrected chi connectivity index (χ3v) is 6.01. The van der Waals surface area contributed by atoms with Crippen molar-refractivity contribution in [2.75, 3.05) is 0 Å². The summed E-state index contributed by atoms with van der Waals surface area (Å²) < 4.78 is 0. The van der Waals surface area contributed by atoms with E-state index in [0.29, 0.717) is 17.8 Å². The number of hydrogen-bond donors (Lipinski definition) is 3. The number of urea groups is 1. The van der Waals surface area contributed by atoms with Crippen molar-refractivity contribution in [1.82, 2.24) is 10.6 Å². The maximum absolute atomic E-state index is 12.7. The Bertz CT molecular complexity index is 593. The Balaban J connectivity index is 1.92. The van der Waals surface area contributed by atoms with E-state index in [4.69, 9.17) is 5.73 Å². The van der Waals surface area contributed by atoms with Crippen LogP contribution in [-0.4, -0.2) is 24.0 Å². The zero-order chi connectivity index (χ0) is 19.2. The second kappa shape index (κ2) is 9.06. The van der Waals surface area contributed by atoms with Crippen LogP contribution in [0, 0.1) is 11.3 Å². The van der Waals surface area contributed by atoms with Crippen LogP contribution in [0.25, 0.3) is 0 Å². The molecule has 1 aliphatic rings. The molecule has 4 N–H and O–H groups in total. The number of rotatable bonds is 7. The van der Waals surface area contributed by atoms with E-state index in [-0.39, 0.29) is 11.9 Å². The molecule has 26 heavy (non-hydrogen) atoms. The van der Waals surface area contributed by atoms with Gasteiger partial charge < -0.3 is 16.4 Å². The van der Waals surface area contributed by atoms with Crippen LogP contribution in [0.1, 0.15) is 58.4 Å². The lowest BCUT2D eigenvalue weighted by Crippen LogP contribution is -2.52. The number of carbonyl (C=O) groups excluding carboxylic acids is 2. The van der Waals surface area contributed by atoms with Crippen LogP contribution < -0.4 is 16.4 Å². The third-order valence-electron chi connectivity index (χ3n) is 6.01. The van der Waals surface area contributed by atoms with Gasteiger partial charge in [0.25, 0.3) is 0 Å². The van der Waals surface area contributed by atoms with Crippen molar-refractivity contribution in [1.29, 1.82) is 0 Å². The van der Waals surface area contributed by atoms with Gasteiger partial charge >= 0.3 is 6.03 Å². The lowest BCUT2D eigenvalue weighted by atomic mass is 9.69. The predicted molar refractivity (Wildman–Crippen MR) is 105 cm³/mol. The van der Waals surface area contributed by atoms with E-state index in [1.165, 1.54) is 6.42 Å². The van der Waals surface area contributed by atoms with Crippen molar-refractivity contribution in [3.8, 4) is 0 Å². The van der Waals surface area contributed by atoms with Crippen molar-refractivity contribution in [3.05, 3.63) is 35.9 Å². The summed E-state index contributed by atoms with van der Waals surface area (Å²) in [5.41, 5.74) is 6.62. The van der Waals surface area contributed by atoms with E-state index >= 15 is 0 Å². The highest BCUT2D eigenvalue weighted by Gasteiger charge is 2.33. The highest BCUT2D eigenvalue weighted by Crippen LogP contribution is 2.40. The number of benzene rings is 1. The van der Waals surface area contributed by atoms with Crippen LogP contribution in [0.15, 0.2) is 30.3 Å². The van der Waals surface area contributed by atoms with E-state index in [1.54, 1.807) is 0 Å². The fraction of sp³-hybridized carbons (Fsp3) is 0.619. The molecule has 0 heterocycles. The smallest absolute Gasteiger partial charge is 0.312 e. The van der Waals surface area contributed by atoms with Crippen molar-refractivity contribution < 1.29 is 9.59 Å². The Morgan fingerprint density at radius 1 is 1.15 bits per heavy atom. The molecule has 5 heteroatoms. The molecular weight excluding hydrogens is 326 g/mol. The van der Waals surface area contributed by atoms with Crippen molar-refractivity contribution in [3.63, 3.8) is 0 Å². The topological polar surface area (TPSA) is 84.2 Å². The molecule has 0 spiro atoms. The average molecular weight is 360 g/mol. The van der Waals surface area contributed by atoms with Crippen LogP contribution >= 0.6 is 0 Å². The third kappa shape index (κ3) is 5.75. The minimum Gasteiger partial charge on any atom is -0.352 e. The molecule has 144 valence electrons. The standard InChI is InChI=1S/C21H33N3O2/c1-4-21(2,3)16-10-12-17(13-11-16)23-19(25)18(24-20(22)26)14-15-8-6-5-7-9-15/h5-9,16-18H,4,10-14H2,1-3H3,(H,23,25)(H3,22,24,26)/t16?,17?,18-/m0/s1. The highest BCUT2D eigenvalue weighted by molar-refractivity contribution is 5.87. The van der Waals surface area contributed by atoms with E-state index in [0.717, 1.165) is 31.2 Å². The minimum absolute atomic E-state index is 0.147. The SMILES string of the molecule is CCC(C)(C)C1CCC(NC(=O)[C@H](Cc2ccccc2)NC(N)=O)CC1. The fourth-order valence-corrected chi connectivity index (χ4v) is 3.84. The van der Waals surface area contributed by atoms with Gasteiger partial charge in [-0.3, -0.25) is 4.79 Å². The van der Waals surface area contributed by atoms with Gasteiger partial charge in [0.05, 0.1) is 0 Å². The molecule has 1 aromatic rings. The molecule has 0 bridgehead atoms. The first kappa shape index (κ1) is 20.3. The summed E-state index contributed by atoms with van der Waals surface area (Å²) >= 11 is 0. The molecule has 1 aromatic carbocycles. The van der Waals surface area contributed by atoms with Gasteiger partial charge in [-0.05, 0) is 42.6 Å². The van der Waals surface area contributed by atoms with Gasteiger partial charge in [0.15, 0.2) is 0 Å². The number of hydrogen-bond acceptors (Lipinski definition) is 2. The predicted octanol–water partition coefficient (Wildman–Crippen LogP) is 3.38. The van der Waals surface area contributed by atoms with Gasteiger partial charge in [0.2, 0.25) is 5.91 Å². The van der Waals surface area contributed by atoms with Crippen LogP contribution in [0.4, 0.5) is 4.79 Å². The van der Waals surface area contributed by atoms with Gasteiger partial charge in [-0.1, -0.05) is 57.5 Å². The van der Waals surface area contributed by atoms with E-state index < -0.39 is 12.1 Å². The average Bonchev–Trinajstić information content (AvgIpc) is 2.62. The number of nitrogens with one attached hydrogen (secondary N) is 2. The zero-order valence-corrected chi connectivity index (χ0v) is 16.3. The number of nitrogens with two attached hydrogens (primary N) is 1. The first-order chi connectivity index (χ1) is 12.3. The number of carbonyl (C=O) groups is 2. The lowest BCUT2D eigenvalue weighted by Gasteiger charge is -2.39. The first-order valence-corrected chi connectivity index (χ1v) is 9.72. The molecule has 0 aliphatic heterocycles. The van der Waals surface area contributed by atoms with Crippen molar-refractivity contribution in [2.45, 2.75) is 71.4 Å². The summed E-state index contributed by atoms with van der Waals surface area (Å²) in [6.45, 7) is 6.92. The number of primary amides is 1. The van der Waals surface area contributed by atoms with Gasteiger partial charge in [-0.15, -0.1) is 0 Å². The molecule has 5 nitrogen and oxygen atoms in total. The molecule has 1 saturated carbocycles. The maximum Gasteiger partial charge on any atom is 0.312 e. The zero-order valence-electron chi connectivity index (χ0n) is 16.3. The van der Waals surface area contributed by atoms with Crippen LogP contribution in [0.2, 0.25) is 0 Å². The Morgan fingerprint density at radius 2 is 1.77 bits per heavy atom. The molecule has 0 saturated heterocycles. The Hall–Kier alpha value is -2.04. The second-order valence-corrected chi connectivity index (χ2v) is 8.15. The fourth-order valence-electron chi connectivity index (χ4n) is 3.84. The first-order valence-electron chi connectivity index (χ1n) is 9.72. The molecule has 0 unspecified atom stereocenters. The summed E-state index contributed by atoms with van der Waals surface area (Å²) in [5, 5.41) is 5.71. The van der Waals surface area contributed by atoms with Gasteiger partial charge in [-0.2, -0.15) is 0 Å². The van der Waals surface area contributed by atoms with Crippen LogP contribution in [0.3, 0.4) is 0 Å². The van der Waals surface area contributed by atoms with Crippen molar-refractivity contribution >= 4 is 11.9 Å². The molecule has 2 rings (SSSR count). The molecular formula is C21H33N3O2. The molecule has 1 atom stereocenters. The minimum atomic E-state index is -0.672. The summed E-state index contributed by atoms with van der Waals surface area (Å²) in [6.07, 6.45) is 5.88. The van der Waals surface area contributed by atoms with E-state index in [1.807, 2.05) is 30.3 Å². The molecule has 0 aromatic heterocycles. The summed E-state index contributed by atoms with van der Waals surface area (Å²) in [7, 11) is 0. The summed E-state index contributed by atoms with van der Waals surface area (Å²) in [5.74, 6) is 0.565. The van der Waals surface area contributed by atoms with Crippen LogP contribution in [0.5, 0.6) is 0 Å². The molecule has 3 amide bonds. The van der Waals surface area contributed by atoms with Gasteiger partial charge in [0.1, 0.15) is 6.04 Å². The van der Waals surface area contributed by atoms with Crippen LogP contribution in [-0.2, 0) is 11.2 Å². The monoisotopic (exact) mass is 359 g/mol. The quantitative estimate of drug-likeness (QED) is 0.697. The molecule has 1 fully saturated rings. The van der Waals surface area contributed by atoms with Crippen molar-refractivity contribution in [2.24, 2.45) is 17.1 Å². The summed E-state index contributed by atoms with van der Waals surface area (Å²) in [4.78, 5) is 24.0. The van der Waals surface area contributed by atoms with E-state index in [9.17, 15) is 9.59 Å². The largest absolute Gasteiger partial charge is 0.352 e. The Kier molecular flexibility index (Phi) is 7.06.